The Morgan fingerprint density at radius 3 is 2.72 bits per heavy atom. The average Bonchev–Trinajstić information content (AvgIpc) is 3.25. The van der Waals surface area contributed by atoms with Gasteiger partial charge in [0.15, 0.2) is 5.84 Å². The van der Waals surface area contributed by atoms with Gasteiger partial charge in [0.2, 0.25) is 0 Å². The summed E-state index contributed by atoms with van der Waals surface area (Å²) in [6.45, 7) is 5.66. The van der Waals surface area contributed by atoms with Crippen molar-refractivity contribution in [1.29, 1.82) is 0 Å². The number of hydrogen-bond acceptors (Lipinski definition) is 5. The molecule has 3 heterocycles. The highest BCUT2D eigenvalue weighted by atomic mass is 16.6. The molecule has 1 atom stereocenters. The van der Waals surface area contributed by atoms with Crippen molar-refractivity contribution in [2.75, 3.05) is 20.3 Å². The smallest absolute Gasteiger partial charge is 0.172 e. The van der Waals surface area contributed by atoms with Crippen molar-refractivity contribution in [2.24, 2.45) is 5.16 Å². The number of fused-ring (bicyclic) bond motifs is 1. The maximum atomic E-state index is 5.70. The number of rotatable bonds is 4. The van der Waals surface area contributed by atoms with Crippen LogP contribution in [0, 0.1) is 13.8 Å². The lowest BCUT2D eigenvalue weighted by molar-refractivity contribution is 0.0575. The van der Waals surface area contributed by atoms with Crippen molar-refractivity contribution in [1.82, 2.24) is 14.5 Å². The van der Waals surface area contributed by atoms with Gasteiger partial charge in [-0.2, -0.15) is 0 Å². The Bertz CT molecular complexity index is 1180. The monoisotopic (exact) mass is 428 g/mol. The molecule has 5 rings (SSSR count). The summed E-state index contributed by atoms with van der Waals surface area (Å²) < 4.78 is 7.67. The molecule has 2 aromatic carbocycles. The minimum Gasteiger partial charge on any atom is -0.495 e. The topological polar surface area (TPSA) is 51.9 Å². The fourth-order valence-corrected chi connectivity index (χ4v) is 4.47. The first-order valence-electron chi connectivity index (χ1n) is 11.1. The number of benzene rings is 2. The summed E-state index contributed by atoms with van der Waals surface area (Å²) in [4.78, 5) is 12.4. The third-order valence-electron chi connectivity index (χ3n) is 6.16. The lowest BCUT2D eigenvalue weighted by Gasteiger charge is -2.40. The van der Waals surface area contributed by atoms with Crippen molar-refractivity contribution >= 4 is 11.9 Å². The van der Waals surface area contributed by atoms with Gasteiger partial charge in [0.25, 0.3) is 0 Å². The van der Waals surface area contributed by atoms with Gasteiger partial charge in [0.1, 0.15) is 12.4 Å². The Labute approximate surface area is 188 Å². The minimum atomic E-state index is 0.188. The molecule has 0 spiro atoms. The van der Waals surface area contributed by atoms with Crippen molar-refractivity contribution in [3.05, 3.63) is 82.9 Å². The van der Waals surface area contributed by atoms with E-state index in [2.05, 4.69) is 70.5 Å². The summed E-state index contributed by atoms with van der Waals surface area (Å²) in [5.41, 5.74) is 6.76. The molecule has 0 amide bonds. The molecule has 1 aromatic heterocycles. The van der Waals surface area contributed by atoms with Crippen LogP contribution in [0.1, 0.15) is 41.3 Å². The first-order valence-corrected chi connectivity index (χ1v) is 11.1. The SMILES string of the molecule is COc1cc(/C=C2\CCCN3C2=NOCC3c2ccc(C)cc2)ccc1-n1cnc(C)c1. The second kappa shape index (κ2) is 8.54. The predicted octanol–water partition coefficient (Wildman–Crippen LogP) is 5.06. The van der Waals surface area contributed by atoms with Gasteiger partial charge < -0.3 is 19.0 Å². The van der Waals surface area contributed by atoms with Crippen LogP contribution in [0.15, 0.2) is 65.7 Å². The zero-order chi connectivity index (χ0) is 22.1. The Morgan fingerprint density at radius 1 is 1.12 bits per heavy atom. The van der Waals surface area contributed by atoms with Gasteiger partial charge in [0.05, 0.1) is 30.9 Å². The molecule has 6 heteroatoms. The lowest BCUT2D eigenvalue weighted by atomic mass is 9.95. The van der Waals surface area contributed by atoms with Crippen molar-refractivity contribution in [3.63, 3.8) is 0 Å². The second-order valence-electron chi connectivity index (χ2n) is 8.46. The highest BCUT2D eigenvalue weighted by Gasteiger charge is 2.32. The van der Waals surface area contributed by atoms with E-state index < -0.39 is 0 Å². The Hall–Kier alpha value is -3.54. The van der Waals surface area contributed by atoms with Gasteiger partial charge in [-0.3, -0.25) is 0 Å². The number of hydrogen-bond donors (Lipinski definition) is 0. The molecule has 0 bridgehead atoms. The molecule has 1 saturated heterocycles. The highest BCUT2D eigenvalue weighted by Crippen LogP contribution is 2.33. The van der Waals surface area contributed by atoms with E-state index >= 15 is 0 Å². The number of imidazole rings is 1. The maximum absolute atomic E-state index is 5.70. The van der Waals surface area contributed by atoms with Crippen LogP contribution < -0.4 is 4.74 Å². The van der Waals surface area contributed by atoms with Crippen LogP contribution in [-0.2, 0) is 4.84 Å². The molecule has 2 aliphatic rings. The zero-order valence-electron chi connectivity index (χ0n) is 18.8. The molecule has 1 fully saturated rings. The van der Waals surface area contributed by atoms with Crippen LogP contribution in [0.2, 0.25) is 0 Å². The molecule has 6 nitrogen and oxygen atoms in total. The van der Waals surface area contributed by atoms with E-state index in [0.717, 1.165) is 47.9 Å². The fourth-order valence-electron chi connectivity index (χ4n) is 4.47. The minimum absolute atomic E-state index is 0.188. The largest absolute Gasteiger partial charge is 0.495 e. The Kier molecular flexibility index (Phi) is 5.43. The van der Waals surface area contributed by atoms with Gasteiger partial charge in [-0.15, -0.1) is 0 Å². The molecule has 32 heavy (non-hydrogen) atoms. The number of oxime groups is 1. The summed E-state index contributed by atoms with van der Waals surface area (Å²) in [6, 6.07) is 15.2. The van der Waals surface area contributed by atoms with Crippen molar-refractivity contribution < 1.29 is 9.57 Å². The molecule has 0 N–H and O–H groups in total. The van der Waals surface area contributed by atoms with E-state index in [1.165, 1.54) is 16.7 Å². The number of amidine groups is 1. The zero-order valence-corrected chi connectivity index (χ0v) is 18.8. The van der Waals surface area contributed by atoms with Gasteiger partial charge >= 0.3 is 0 Å². The van der Waals surface area contributed by atoms with E-state index in [1.54, 1.807) is 7.11 Å². The molecule has 164 valence electrons. The Morgan fingerprint density at radius 2 is 1.97 bits per heavy atom. The highest BCUT2D eigenvalue weighted by molar-refractivity contribution is 6.03. The van der Waals surface area contributed by atoms with E-state index in [4.69, 9.17) is 9.57 Å². The number of nitrogens with zero attached hydrogens (tertiary/aromatic N) is 4. The first-order chi connectivity index (χ1) is 15.6. The van der Waals surface area contributed by atoms with Crippen LogP contribution in [-0.4, -0.2) is 40.5 Å². The first kappa shape index (κ1) is 20.4. The van der Waals surface area contributed by atoms with E-state index in [1.807, 2.05) is 24.0 Å². The maximum Gasteiger partial charge on any atom is 0.172 e. The van der Waals surface area contributed by atoms with Crippen LogP contribution in [0.3, 0.4) is 0 Å². The van der Waals surface area contributed by atoms with Gasteiger partial charge in [0, 0.05) is 12.7 Å². The number of methoxy groups -OCH3 is 1. The van der Waals surface area contributed by atoms with Gasteiger partial charge in [-0.25, -0.2) is 4.98 Å². The summed E-state index contributed by atoms with van der Waals surface area (Å²) >= 11 is 0. The number of aryl methyl sites for hydroxylation is 2. The third-order valence-corrected chi connectivity index (χ3v) is 6.16. The molecule has 1 unspecified atom stereocenters. The van der Waals surface area contributed by atoms with Crippen LogP contribution in [0.25, 0.3) is 11.8 Å². The van der Waals surface area contributed by atoms with Gasteiger partial charge in [-0.1, -0.05) is 41.1 Å². The quantitative estimate of drug-likeness (QED) is 0.583. The summed E-state index contributed by atoms with van der Waals surface area (Å²) in [6.07, 6.45) is 8.08. The van der Waals surface area contributed by atoms with E-state index in [0.29, 0.717) is 6.61 Å². The third kappa shape index (κ3) is 3.88. The normalized spacial score (nSPS) is 19.3. The summed E-state index contributed by atoms with van der Waals surface area (Å²) in [5.74, 6) is 1.75. The molecule has 2 aliphatic heterocycles. The number of piperidine rings is 1. The molecule has 0 saturated carbocycles. The summed E-state index contributed by atoms with van der Waals surface area (Å²) in [5, 5.41) is 4.46. The van der Waals surface area contributed by atoms with E-state index in [9.17, 15) is 0 Å². The molecule has 3 aromatic rings. The molecular weight excluding hydrogens is 400 g/mol. The molecule has 0 radical (unpaired) electrons. The van der Waals surface area contributed by atoms with Crippen LogP contribution >= 0.6 is 0 Å². The standard InChI is InChI=1S/C26H28N4O2/c1-18-6-9-21(10-7-18)24-16-32-28-26-22(5-4-12-30(24)26)13-20-8-11-23(25(14-20)31-3)29-15-19(2)27-17-29/h6-11,13-15,17,24H,4-5,12,16H2,1-3H3/b22-13+. The lowest BCUT2D eigenvalue weighted by Crippen LogP contribution is -2.44. The van der Waals surface area contributed by atoms with Crippen LogP contribution in [0.5, 0.6) is 5.75 Å². The molecular formula is C26H28N4O2. The predicted molar refractivity (Wildman–Crippen MR) is 126 cm³/mol. The average molecular weight is 429 g/mol. The fraction of sp³-hybridized carbons (Fsp3) is 0.308. The number of aromatic nitrogens is 2. The van der Waals surface area contributed by atoms with Crippen LogP contribution in [0.4, 0.5) is 0 Å². The second-order valence-corrected chi connectivity index (χ2v) is 8.46. The van der Waals surface area contributed by atoms with Gasteiger partial charge in [-0.05, 0) is 61.6 Å². The van der Waals surface area contributed by atoms with E-state index in [-0.39, 0.29) is 6.04 Å². The Balaban J connectivity index is 1.45. The number of ether oxygens (including phenoxy) is 1. The van der Waals surface area contributed by atoms with Crippen molar-refractivity contribution in [3.8, 4) is 11.4 Å². The summed E-state index contributed by atoms with van der Waals surface area (Å²) in [7, 11) is 1.70. The van der Waals surface area contributed by atoms with Crippen molar-refractivity contribution in [2.45, 2.75) is 32.7 Å². The molecule has 0 aliphatic carbocycles.